The van der Waals surface area contributed by atoms with Crippen molar-refractivity contribution in [3.8, 4) is 16.9 Å². The molecule has 1 saturated heterocycles. The van der Waals surface area contributed by atoms with Crippen LogP contribution < -0.4 is 0 Å². The van der Waals surface area contributed by atoms with E-state index < -0.39 is 0 Å². The van der Waals surface area contributed by atoms with E-state index >= 15 is 0 Å². The molecule has 1 aliphatic rings. The molecular weight excluding hydrogens is 526 g/mol. The van der Waals surface area contributed by atoms with Crippen LogP contribution >= 0.6 is 39.9 Å². The minimum absolute atomic E-state index is 0.000772. The molecule has 0 radical (unpaired) electrons. The number of hydrogen-bond acceptors (Lipinski definition) is 4. The number of halogens is 1. The van der Waals surface area contributed by atoms with Gasteiger partial charge in [0.2, 0.25) is 0 Å². The number of para-hydroxylation sites is 1. The van der Waals surface area contributed by atoms with Crippen molar-refractivity contribution in [3.63, 3.8) is 0 Å². The molecule has 34 heavy (non-hydrogen) atoms. The van der Waals surface area contributed by atoms with E-state index in [1.807, 2.05) is 71.6 Å². The van der Waals surface area contributed by atoms with E-state index in [2.05, 4.69) is 29.8 Å². The van der Waals surface area contributed by atoms with E-state index in [9.17, 15) is 4.79 Å². The Morgan fingerprint density at radius 3 is 2.53 bits per heavy atom. The summed E-state index contributed by atoms with van der Waals surface area (Å²) in [6.07, 6.45) is 8.44. The molecule has 0 unspecified atom stereocenters. The molecule has 1 aromatic heterocycles. The Bertz CT molecular complexity index is 1190. The average molecular weight is 555 g/mol. The molecular formula is C27H28BrN3OS2. The highest BCUT2D eigenvalue weighted by molar-refractivity contribution is 9.10. The zero-order chi connectivity index (χ0) is 24.1. The van der Waals surface area contributed by atoms with Gasteiger partial charge in [-0.3, -0.25) is 9.69 Å². The van der Waals surface area contributed by atoms with Crippen LogP contribution in [0.15, 0.2) is 70.2 Å². The lowest BCUT2D eigenvalue weighted by molar-refractivity contribution is -0.122. The Balaban J connectivity index is 1.67. The molecule has 0 spiro atoms. The Hall–Kier alpha value is -2.22. The van der Waals surface area contributed by atoms with Crippen molar-refractivity contribution < 1.29 is 4.79 Å². The fourth-order valence-electron chi connectivity index (χ4n) is 4.01. The minimum atomic E-state index is -0.000772. The maximum atomic E-state index is 13.3. The van der Waals surface area contributed by atoms with Crippen molar-refractivity contribution in [2.75, 3.05) is 6.54 Å². The molecule has 0 N–H and O–H groups in total. The number of thioether (sulfide) groups is 1. The molecule has 4 rings (SSSR count). The highest BCUT2D eigenvalue weighted by Crippen LogP contribution is 2.36. The second-order valence-corrected chi connectivity index (χ2v) is 11.0. The second-order valence-electron chi connectivity index (χ2n) is 8.43. The van der Waals surface area contributed by atoms with Gasteiger partial charge in [-0.2, -0.15) is 5.10 Å². The summed E-state index contributed by atoms with van der Waals surface area (Å²) >= 11 is 10.5. The van der Waals surface area contributed by atoms with Gasteiger partial charge in [0.05, 0.1) is 16.3 Å². The minimum Gasteiger partial charge on any atom is -0.293 e. The molecule has 4 nitrogen and oxygen atoms in total. The van der Waals surface area contributed by atoms with Crippen LogP contribution in [0.4, 0.5) is 0 Å². The van der Waals surface area contributed by atoms with Crippen LogP contribution in [0.25, 0.3) is 23.0 Å². The number of amides is 1. The van der Waals surface area contributed by atoms with Gasteiger partial charge in [-0.15, -0.1) is 0 Å². The summed E-state index contributed by atoms with van der Waals surface area (Å²) in [5, 5.41) is 4.87. The number of aromatic nitrogens is 2. The first-order chi connectivity index (χ1) is 16.5. The van der Waals surface area contributed by atoms with Crippen LogP contribution in [0.2, 0.25) is 0 Å². The third-order valence-electron chi connectivity index (χ3n) is 6.03. The quantitative estimate of drug-likeness (QED) is 0.201. The summed E-state index contributed by atoms with van der Waals surface area (Å²) in [5.74, 6) is 0.472. The molecule has 1 atom stereocenters. The lowest BCUT2D eigenvalue weighted by Crippen LogP contribution is -2.33. The predicted molar refractivity (Wildman–Crippen MR) is 150 cm³/mol. The molecule has 0 saturated carbocycles. The summed E-state index contributed by atoms with van der Waals surface area (Å²) in [7, 11) is 0. The Kier molecular flexibility index (Phi) is 8.40. The van der Waals surface area contributed by atoms with Gasteiger partial charge in [-0.05, 0) is 42.7 Å². The largest absolute Gasteiger partial charge is 0.293 e. The van der Waals surface area contributed by atoms with Gasteiger partial charge in [0.1, 0.15) is 4.32 Å². The molecule has 1 aliphatic heterocycles. The van der Waals surface area contributed by atoms with Gasteiger partial charge in [0, 0.05) is 28.3 Å². The van der Waals surface area contributed by atoms with Gasteiger partial charge in [0.15, 0.2) is 0 Å². The summed E-state index contributed by atoms with van der Waals surface area (Å²) in [5.41, 5.74) is 3.68. The predicted octanol–water partition coefficient (Wildman–Crippen LogP) is 7.72. The Labute approximate surface area is 219 Å². The number of carbonyl (C=O) groups is 1. The Morgan fingerprint density at radius 2 is 1.85 bits per heavy atom. The number of rotatable bonds is 9. The van der Waals surface area contributed by atoms with Crippen LogP contribution in [-0.4, -0.2) is 31.5 Å². The van der Waals surface area contributed by atoms with Crippen molar-refractivity contribution in [2.24, 2.45) is 5.92 Å². The van der Waals surface area contributed by atoms with Gasteiger partial charge in [0.25, 0.3) is 5.91 Å². The van der Waals surface area contributed by atoms with Gasteiger partial charge < -0.3 is 0 Å². The fraction of sp³-hybridized carbons (Fsp3) is 0.296. The average Bonchev–Trinajstić information content (AvgIpc) is 3.39. The summed E-state index contributed by atoms with van der Waals surface area (Å²) < 4.78 is 3.52. The second kappa shape index (κ2) is 11.5. The lowest BCUT2D eigenvalue weighted by atomic mass is 9.99. The number of hydrogen-bond donors (Lipinski definition) is 0. The third-order valence-corrected chi connectivity index (χ3v) is 7.93. The number of benzene rings is 2. The smallest absolute Gasteiger partial charge is 0.266 e. The van der Waals surface area contributed by atoms with Crippen molar-refractivity contribution >= 4 is 56.2 Å². The first-order valence-corrected chi connectivity index (χ1v) is 13.7. The first-order valence-electron chi connectivity index (χ1n) is 11.7. The highest BCUT2D eigenvalue weighted by Gasteiger charge is 2.33. The van der Waals surface area contributed by atoms with Crippen LogP contribution in [0.3, 0.4) is 0 Å². The standard InChI is InChI=1S/C27H28BrN3OS2/c1-3-5-9-19(4-2)17-30-26(32)24(34-27(30)33)16-21-18-31(23-10-7-6-8-11-23)29-25(21)20-12-14-22(28)15-13-20/h6-8,10-16,18-19H,3-5,9,17H2,1-2H3/b24-16+/t19-/m0/s1. The maximum absolute atomic E-state index is 13.3. The molecule has 7 heteroatoms. The summed E-state index contributed by atoms with van der Waals surface area (Å²) in [6.45, 7) is 5.09. The normalized spacial score (nSPS) is 16.0. The fourth-order valence-corrected chi connectivity index (χ4v) is 5.54. The van der Waals surface area contributed by atoms with E-state index in [1.54, 1.807) is 4.90 Å². The molecule has 1 amide bonds. The lowest BCUT2D eigenvalue weighted by Gasteiger charge is -2.21. The van der Waals surface area contributed by atoms with E-state index in [1.165, 1.54) is 24.6 Å². The van der Waals surface area contributed by atoms with Gasteiger partial charge >= 0.3 is 0 Å². The number of nitrogens with zero attached hydrogens (tertiary/aromatic N) is 3. The molecule has 2 heterocycles. The molecule has 2 aromatic carbocycles. The van der Waals surface area contributed by atoms with Gasteiger partial charge in [-0.25, -0.2) is 4.68 Å². The number of unbranched alkanes of at least 4 members (excludes halogenated alkanes) is 1. The number of thiocarbonyl (C=S) groups is 1. The van der Waals surface area contributed by atoms with Crippen LogP contribution in [-0.2, 0) is 4.79 Å². The molecule has 1 fully saturated rings. The topological polar surface area (TPSA) is 38.1 Å². The Morgan fingerprint density at radius 1 is 1.12 bits per heavy atom. The highest BCUT2D eigenvalue weighted by atomic mass is 79.9. The van der Waals surface area contributed by atoms with Crippen molar-refractivity contribution in [1.29, 1.82) is 0 Å². The van der Waals surface area contributed by atoms with Crippen LogP contribution in [0, 0.1) is 5.92 Å². The zero-order valence-corrected chi connectivity index (χ0v) is 22.6. The molecule has 0 bridgehead atoms. The van der Waals surface area contributed by atoms with Crippen molar-refractivity contribution in [1.82, 2.24) is 14.7 Å². The van der Waals surface area contributed by atoms with Crippen molar-refractivity contribution in [2.45, 2.75) is 39.5 Å². The summed E-state index contributed by atoms with van der Waals surface area (Å²) in [4.78, 5) is 15.8. The zero-order valence-electron chi connectivity index (χ0n) is 19.4. The van der Waals surface area contributed by atoms with Crippen LogP contribution in [0.5, 0.6) is 0 Å². The maximum Gasteiger partial charge on any atom is 0.266 e. The molecule has 3 aromatic rings. The van der Waals surface area contributed by atoms with E-state index in [-0.39, 0.29) is 5.91 Å². The van der Waals surface area contributed by atoms with Crippen molar-refractivity contribution in [3.05, 3.63) is 75.7 Å². The van der Waals surface area contributed by atoms with E-state index in [0.29, 0.717) is 21.7 Å². The first kappa shape index (κ1) is 24.9. The summed E-state index contributed by atoms with van der Waals surface area (Å²) in [6, 6.07) is 18.1. The molecule has 176 valence electrons. The van der Waals surface area contributed by atoms with E-state index in [0.717, 1.165) is 39.8 Å². The SMILES string of the molecule is CCCC[C@H](CC)CN1C(=O)/C(=C\c2cn(-c3ccccc3)nc2-c2ccc(Br)cc2)SC1=S. The van der Waals surface area contributed by atoms with E-state index in [4.69, 9.17) is 17.3 Å². The molecule has 0 aliphatic carbocycles. The van der Waals surface area contributed by atoms with Gasteiger partial charge in [-0.1, -0.05) is 103 Å². The monoisotopic (exact) mass is 553 g/mol. The number of carbonyl (C=O) groups excluding carboxylic acids is 1. The third kappa shape index (κ3) is 5.70. The van der Waals surface area contributed by atoms with Crippen LogP contribution in [0.1, 0.15) is 45.1 Å².